The van der Waals surface area contributed by atoms with Gasteiger partial charge in [-0.25, -0.2) is 0 Å². The number of hydrogen-bond acceptors (Lipinski definition) is 4. The number of ether oxygens (including phenoxy) is 2. The first-order valence-corrected chi connectivity index (χ1v) is 7.24. The first-order valence-electron chi connectivity index (χ1n) is 7.24. The average molecular weight is 332 g/mol. The van der Waals surface area contributed by atoms with Crippen LogP contribution in [0.5, 0.6) is 5.75 Å². The van der Waals surface area contributed by atoms with Crippen LogP contribution in [0.25, 0.3) is 0 Å². The van der Waals surface area contributed by atoms with Crippen molar-refractivity contribution in [3.63, 3.8) is 0 Å². The number of morpholine rings is 1. The number of carbonyl (C=O) groups excluding carboxylic acids is 1. The highest BCUT2D eigenvalue weighted by Gasteiger charge is 2.32. The first-order chi connectivity index (χ1) is 10.8. The fourth-order valence-electron chi connectivity index (χ4n) is 2.32. The van der Waals surface area contributed by atoms with Gasteiger partial charge in [-0.3, -0.25) is 4.79 Å². The summed E-state index contributed by atoms with van der Waals surface area (Å²) in [5.41, 5.74) is 0.300. The van der Waals surface area contributed by atoms with E-state index in [4.69, 9.17) is 4.74 Å². The van der Waals surface area contributed by atoms with Gasteiger partial charge in [0.2, 0.25) is 5.91 Å². The summed E-state index contributed by atoms with van der Waals surface area (Å²) in [6.45, 7) is 1.79. The van der Waals surface area contributed by atoms with Crippen LogP contribution in [0.3, 0.4) is 0 Å². The molecule has 1 aromatic carbocycles. The van der Waals surface area contributed by atoms with Crippen molar-refractivity contribution < 1.29 is 27.4 Å². The maximum atomic E-state index is 12.4. The van der Waals surface area contributed by atoms with Crippen molar-refractivity contribution in [2.24, 2.45) is 0 Å². The summed E-state index contributed by atoms with van der Waals surface area (Å²) in [6.07, 6.45) is -4.53. The summed E-state index contributed by atoms with van der Waals surface area (Å²) in [6, 6.07) is 5.73. The van der Waals surface area contributed by atoms with Gasteiger partial charge in [-0.15, -0.1) is 13.2 Å². The Bertz CT molecular complexity index is 531. The van der Waals surface area contributed by atoms with Gasteiger partial charge in [-0.05, 0) is 6.07 Å². The summed E-state index contributed by atoms with van der Waals surface area (Å²) in [7, 11) is 1.55. The fraction of sp³-hybridized carbons (Fsp3) is 0.533. The molecule has 23 heavy (non-hydrogen) atoms. The second-order valence-corrected chi connectivity index (χ2v) is 5.34. The molecule has 0 aliphatic carbocycles. The lowest BCUT2D eigenvalue weighted by Crippen LogP contribution is -2.44. The molecule has 8 heteroatoms. The van der Waals surface area contributed by atoms with E-state index in [1.165, 1.54) is 23.1 Å². The summed E-state index contributed by atoms with van der Waals surface area (Å²) in [5, 5.41) is 3.17. The van der Waals surface area contributed by atoms with Gasteiger partial charge in [-0.1, -0.05) is 18.2 Å². The molecular formula is C15H19F3N2O3. The fourth-order valence-corrected chi connectivity index (χ4v) is 2.32. The molecule has 1 fully saturated rings. The largest absolute Gasteiger partial charge is 0.573 e. The number of nitrogens with one attached hydrogen (secondary N) is 1. The summed E-state index contributed by atoms with van der Waals surface area (Å²) >= 11 is 0. The van der Waals surface area contributed by atoms with Crippen molar-refractivity contribution in [1.82, 2.24) is 10.2 Å². The Morgan fingerprint density at radius 2 is 2.17 bits per heavy atom. The molecule has 1 unspecified atom stereocenters. The molecule has 1 N–H and O–H groups in total. The summed E-state index contributed by atoms with van der Waals surface area (Å²) in [4.78, 5) is 13.6. The molecule has 5 nitrogen and oxygen atoms in total. The first kappa shape index (κ1) is 17.6. The molecule has 0 bridgehead atoms. The predicted octanol–water partition coefficient (Wildman–Crippen LogP) is 1.92. The zero-order valence-electron chi connectivity index (χ0n) is 12.7. The normalized spacial score (nSPS) is 18.5. The van der Waals surface area contributed by atoms with Gasteiger partial charge in [0.15, 0.2) is 0 Å². The highest BCUT2D eigenvalue weighted by molar-refractivity contribution is 5.76. The van der Waals surface area contributed by atoms with E-state index in [2.05, 4.69) is 10.1 Å². The molecule has 1 aromatic rings. The van der Waals surface area contributed by atoms with Crippen LogP contribution in [0, 0.1) is 0 Å². The maximum absolute atomic E-state index is 12.4. The number of benzene rings is 1. The quantitative estimate of drug-likeness (QED) is 0.895. The van der Waals surface area contributed by atoms with Crippen LogP contribution < -0.4 is 10.1 Å². The molecule has 128 valence electrons. The van der Waals surface area contributed by atoms with Gasteiger partial charge in [0, 0.05) is 38.2 Å². The maximum Gasteiger partial charge on any atom is 0.573 e. The topological polar surface area (TPSA) is 50.8 Å². The third-order valence-electron chi connectivity index (χ3n) is 3.45. The molecule has 0 saturated carbocycles. The molecule has 1 saturated heterocycles. The number of amides is 1. The van der Waals surface area contributed by atoms with Crippen LogP contribution in [0.1, 0.15) is 12.0 Å². The number of hydrogen-bond donors (Lipinski definition) is 1. The minimum Gasteiger partial charge on any atom is -0.405 e. The van der Waals surface area contributed by atoms with Crippen LogP contribution in [0.4, 0.5) is 13.2 Å². The van der Waals surface area contributed by atoms with Gasteiger partial charge >= 0.3 is 6.36 Å². The predicted molar refractivity (Wildman–Crippen MR) is 76.8 cm³/mol. The van der Waals surface area contributed by atoms with Gasteiger partial charge < -0.3 is 19.7 Å². The molecule has 1 atom stereocenters. The highest BCUT2D eigenvalue weighted by Crippen LogP contribution is 2.27. The lowest BCUT2D eigenvalue weighted by molar-refractivity contribution is -0.275. The van der Waals surface area contributed by atoms with Gasteiger partial charge in [0.25, 0.3) is 0 Å². The molecule has 1 heterocycles. The average Bonchev–Trinajstić information content (AvgIpc) is 2.48. The smallest absolute Gasteiger partial charge is 0.405 e. The molecule has 0 radical (unpaired) electrons. The van der Waals surface area contributed by atoms with Crippen LogP contribution in [0.2, 0.25) is 0 Å². The molecule has 0 aromatic heterocycles. The lowest BCUT2D eigenvalue weighted by atomic mass is 10.1. The van der Waals surface area contributed by atoms with Crippen molar-refractivity contribution in [2.45, 2.75) is 25.4 Å². The number of rotatable bonds is 5. The van der Waals surface area contributed by atoms with E-state index in [0.717, 1.165) is 0 Å². The number of nitrogens with zero attached hydrogens (tertiary/aromatic N) is 1. The van der Waals surface area contributed by atoms with Crippen LogP contribution >= 0.6 is 0 Å². The van der Waals surface area contributed by atoms with Gasteiger partial charge in [0.05, 0.1) is 13.2 Å². The third-order valence-corrected chi connectivity index (χ3v) is 3.45. The number of carbonyl (C=O) groups is 1. The minimum absolute atomic E-state index is 0.0403. The molecule has 0 spiro atoms. The molecule has 1 aliphatic heterocycles. The highest BCUT2D eigenvalue weighted by atomic mass is 19.4. The Morgan fingerprint density at radius 1 is 1.43 bits per heavy atom. The second-order valence-electron chi connectivity index (χ2n) is 5.34. The summed E-state index contributed by atoms with van der Waals surface area (Å²) in [5.74, 6) is -0.464. The second kappa shape index (κ2) is 7.65. The Labute approximate surface area is 132 Å². The lowest BCUT2D eigenvalue weighted by Gasteiger charge is -2.26. The standard InChI is InChI=1S/C15H19F3N2O3/c1-20(14(21)8-12-10-22-7-6-19-12)9-11-4-2-3-5-13(11)23-15(16,17)18/h2-5,12,19H,6-10H2,1H3. The van der Waals surface area contributed by atoms with Crippen molar-refractivity contribution in [1.29, 1.82) is 0 Å². The van der Waals surface area contributed by atoms with Crippen LogP contribution in [0.15, 0.2) is 24.3 Å². The minimum atomic E-state index is -4.76. The Balaban J connectivity index is 1.96. The van der Waals surface area contributed by atoms with E-state index < -0.39 is 6.36 Å². The number of halogens is 3. The Morgan fingerprint density at radius 3 is 2.83 bits per heavy atom. The Hall–Kier alpha value is -1.80. The zero-order valence-corrected chi connectivity index (χ0v) is 12.7. The van der Waals surface area contributed by atoms with Gasteiger partial charge in [0.1, 0.15) is 5.75 Å². The van der Waals surface area contributed by atoms with Crippen molar-refractivity contribution in [3.8, 4) is 5.75 Å². The van der Waals surface area contributed by atoms with E-state index in [0.29, 0.717) is 25.3 Å². The molecule has 2 rings (SSSR count). The van der Waals surface area contributed by atoms with Crippen molar-refractivity contribution in [2.75, 3.05) is 26.8 Å². The van der Waals surface area contributed by atoms with Crippen LogP contribution in [-0.2, 0) is 16.1 Å². The third kappa shape index (κ3) is 5.72. The van der Waals surface area contributed by atoms with E-state index in [1.54, 1.807) is 13.1 Å². The van der Waals surface area contributed by atoms with Crippen molar-refractivity contribution >= 4 is 5.91 Å². The number of alkyl halides is 3. The molecule has 1 aliphatic rings. The number of para-hydroxylation sites is 1. The Kier molecular flexibility index (Phi) is 5.84. The van der Waals surface area contributed by atoms with E-state index in [-0.39, 0.29) is 30.7 Å². The van der Waals surface area contributed by atoms with E-state index in [1.807, 2.05) is 0 Å². The van der Waals surface area contributed by atoms with E-state index >= 15 is 0 Å². The van der Waals surface area contributed by atoms with Crippen molar-refractivity contribution in [3.05, 3.63) is 29.8 Å². The van der Waals surface area contributed by atoms with E-state index in [9.17, 15) is 18.0 Å². The molecule has 1 amide bonds. The van der Waals surface area contributed by atoms with Crippen LogP contribution in [-0.4, -0.2) is 50.0 Å². The monoisotopic (exact) mass is 332 g/mol. The SMILES string of the molecule is CN(Cc1ccccc1OC(F)(F)F)C(=O)CC1COCCN1. The van der Waals surface area contributed by atoms with Gasteiger partial charge in [-0.2, -0.15) is 0 Å². The summed E-state index contributed by atoms with van der Waals surface area (Å²) < 4.78 is 46.5. The molecular weight excluding hydrogens is 313 g/mol. The zero-order chi connectivity index (χ0) is 16.9.